The second-order valence-corrected chi connectivity index (χ2v) is 5.94. The summed E-state index contributed by atoms with van der Waals surface area (Å²) >= 11 is 0. The minimum atomic E-state index is -4.39. The van der Waals surface area contributed by atoms with Crippen molar-refractivity contribution in [1.82, 2.24) is 0 Å². The van der Waals surface area contributed by atoms with E-state index in [0.29, 0.717) is 22.4 Å². The first kappa shape index (κ1) is 22.0. The number of alkyl halides is 3. The summed E-state index contributed by atoms with van der Waals surface area (Å²) in [6.45, 7) is 1.66. The Labute approximate surface area is 166 Å². The molecule has 0 aliphatic rings. The van der Waals surface area contributed by atoms with E-state index in [1.807, 2.05) is 0 Å². The average molecular weight is 407 g/mol. The lowest BCUT2D eigenvalue weighted by Gasteiger charge is -2.11. The van der Waals surface area contributed by atoms with Crippen LogP contribution < -0.4 is 0 Å². The van der Waals surface area contributed by atoms with Crippen molar-refractivity contribution < 1.29 is 32.3 Å². The lowest BCUT2D eigenvalue weighted by atomic mass is 10.0. The molecule has 0 N–H and O–H groups in total. The molecule has 0 aromatic heterocycles. The fraction of sp³-hybridized carbons (Fsp3) is 0.238. The number of benzene rings is 2. The molecule has 0 aliphatic carbocycles. The molecule has 0 heterocycles. The number of hydrogen-bond acceptors (Lipinski definition) is 5. The van der Waals surface area contributed by atoms with Gasteiger partial charge in [0.1, 0.15) is 12.2 Å². The van der Waals surface area contributed by atoms with E-state index in [-0.39, 0.29) is 12.2 Å². The standard InChI is InChI=1S/C21H20F3NO4/c1-14(15-8-10-17(11-9-15)21(22,23)24)25-29-12-16-6-4-5-7-18(16)19(13-27-2)20(26)28-3/h4-11,13H,12H2,1-3H3/b19-13+,25-14-. The quantitative estimate of drug-likeness (QED) is 0.217. The summed E-state index contributed by atoms with van der Waals surface area (Å²) in [6, 6.07) is 11.6. The Kier molecular flexibility index (Phi) is 7.41. The van der Waals surface area contributed by atoms with Crippen LogP contribution in [-0.4, -0.2) is 25.9 Å². The lowest BCUT2D eigenvalue weighted by Crippen LogP contribution is -2.07. The molecule has 8 heteroatoms. The summed E-state index contributed by atoms with van der Waals surface area (Å²) < 4.78 is 47.7. The molecule has 0 saturated carbocycles. The first-order valence-corrected chi connectivity index (χ1v) is 8.51. The molecule has 29 heavy (non-hydrogen) atoms. The zero-order valence-corrected chi connectivity index (χ0v) is 16.1. The highest BCUT2D eigenvalue weighted by molar-refractivity contribution is 6.16. The van der Waals surface area contributed by atoms with Crippen molar-refractivity contribution in [2.45, 2.75) is 19.7 Å². The van der Waals surface area contributed by atoms with E-state index < -0.39 is 17.7 Å². The molecule has 0 spiro atoms. The number of carbonyl (C=O) groups is 1. The second-order valence-electron chi connectivity index (χ2n) is 5.94. The Morgan fingerprint density at radius 1 is 1.07 bits per heavy atom. The summed E-state index contributed by atoms with van der Waals surface area (Å²) in [7, 11) is 2.68. The summed E-state index contributed by atoms with van der Waals surface area (Å²) in [5, 5.41) is 3.96. The van der Waals surface area contributed by atoms with Gasteiger partial charge < -0.3 is 14.3 Å². The van der Waals surface area contributed by atoms with Crippen molar-refractivity contribution >= 4 is 17.3 Å². The van der Waals surface area contributed by atoms with E-state index in [9.17, 15) is 18.0 Å². The molecular formula is C21H20F3NO4. The summed E-state index contributed by atoms with van der Waals surface area (Å²) in [4.78, 5) is 17.4. The van der Waals surface area contributed by atoms with E-state index in [0.717, 1.165) is 12.1 Å². The van der Waals surface area contributed by atoms with Crippen LogP contribution in [-0.2, 0) is 31.9 Å². The van der Waals surface area contributed by atoms with E-state index in [1.165, 1.54) is 32.6 Å². The number of rotatable bonds is 7. The van der Waals surface area contributed by atoms with Gasteiger partial charge in [-0.05, 0) is 30.2 Å². The van der Waals surface area contributed by atoms with Gasteiger partial charge in [0.05, 0.1) is 31.8 Å². The van der Waals surface area contributed by atoms with Crippen LogP contribution in [0.1, 0.15) is 29.2 Å². The highest BCUT2D eigenvalue weighted by Gasteiger charge is 2.30. The molecule has 0 saturated heterocycles. The monoisotopic (exact) mass is 407 g/mol. The van der Waals surface area contributed by atoms with Gasteiger partial charge in [0.25, 0.3) is 0 Å². The Bertz CT molecular complexity index is 903. The smallest absolute Gasteiger partial charge is 0.416 e. The number of hydrogen-bond donors (Lipinski definition) is 0. The lowest BCUT2D eigenvalue weighted by molar-refractivity contribution is -0.137. The normalized spacial score (nSPS) is 12.5. The van der Waals surface area contributed by atoms with E-state index in [4.69, 9.17) is 14.3 Å². The third-order valence-corrected chi connectivity index (χ3v) is 4.00. The highest BCUT2D eigenvalue weighted by Crippen LogP contribution is 2.29. The van der Waals surface area contributed by atoms with Gasteiger partial charge in [-0.3, -0.25) is 0 Å². The Morgan fingerprint density at radius 2 is 1.72 bits per heavy atom. The van der Waals surface area contributed by atoms with Gasteiger partial charge in [0.2, 0.25) is 0 Å². The molecule has 2 aromatic carbocycles. The molecule has 5 nitrogen and oxygen atoms in total. The van der Waals surface area contributed by atoms with Crippen LogP contribution in [0.2, 0.25) is 0 Å². The molecule has 0 aliphatic heterocycles. The SMILES string of the molecule is CO/C=C(/C(=O)OC)c1ccccc1CO/N=C(/C)c1ccc(C(F)(F)F)cc1. The van der Waals surface area contributed by atoms with Gasteiger partial charge in [-0.1, -0.05) is 41.6 Å². The Balaban J connectivity index is 2.16. The van der Waals surface area contributed by atoms with E-state index >= 15 is 0 Å². The average Bonchev–Trinajstić information content (AvgIpc) is 2.71. The van der Waals surface area contributed by atoms with Gasteiger partial charge in [-0.2, -0.15) is 13.2 Å². The molecular weight excluding hydrogens is 387 g/mol. The van der Waals surface area contributed by atoms with E-state index in [2.05, 4.69) is 5.16 Å². The van der Waals surface area contributed by atoms with Gasteiger partial charge in [-0.25, -0.2) is 4.79 Å². The van der Waals surface area contributed by atoms with Gasteiger partial charge >= 0.3 is 12.1 Å². The zero-order chi connectivity index (χ0) is 21.4. The van der Waals surface area contributed by atoms with Crippen LogP contribution in [0.3, 0.4) is 0 Å². The molecule has 0 fully saturated rings. The minimum Gasteiger partial charge on any atom is -0.503 e. The summed E-state index contributed by atoms with van der Waals surface area (Å²) in [6.07, 6.45) is -3.11. The Hall–Kier alpha value is -3.29. The number of methoxy groups -OCH3 is 2. The second kappa shape index (κ2) is 9.77. The van der Waals surface area contributed by atoms with Crippen LogP contribution in [0.15, 0.2) is 59.9 Å². The van der Waals surface area contributed by atoms with Gasteiger partial charge in [0, 0.05) is 5.56 Å². The predicted octanol–water partition coefficient (Wildman–Crippen LogP) is 4.81. The first-order valence-electron chi connectivity index (χ1n) is 8.51. The number of nitrogens with zero attached hydrogens (tertiary/aromatic N) is 1. The molecule has 0 atom stereocenters. The highest BCUT2D eigenvalue weighted by atomic mass is 19.4. The minimum absolute atomic E-state index is 0.0339. The first-order chi connectivity index (χ1) is 13.8. The fourth-order valence-electron chi connectivity index (χ4n) is 2.51. The largest absolute Gasteiger partial charge is 0.503 e. The van der Waals surface area contributed by atoms with Crippen molar-refractivity contribution in [3.8, 4) is 0 Å². The maximum absolute atomic E-state index is 12.7. The van der Waals surface area contributed by atoms with Crippen molar-refractivity contribution in [3.05, 3.63) is 77.0 Å². The zero-order valence-electron chi connectivity index (χ0n) is 16.1. The van der Waals surface area contributed by atoms with Crippen molar-refractivity contribution in [1.29, 1.82) is 0 Å². The van der Waals surface area contributed by atoms with Crippen LogP contribution in [0, 0.1) is 0 Å². The fourth-order valence-corrected chi connectivity index (χ4v) is 2.51. The topological polar surface area (TPSA) is 57.1 Å². The van der Waals surface area contributed by atoms with Crippen molar-refractivity contribution in [3.63, 3.8) is 0 Å². The van der Waals surface area contributed by atoms with Gasteiger partial charge in [0.15, 0.2) is 0 Å². The van der Waals surface area contributed by atoms with Gasteiger partial charge in [-0.15, -0.1) is 0 Å². The Morgan fingerprint density at radius 3 is 2.31 bits per heavy atom. The maximum Gasteiger partial charge on any atom is 0.416 e. The molecule has 0 amide bonds. The third kappa shape index (κ3) is 5.84. The van der Waals surface area contributed by atoms with Crippen LogP contribution in [0.5, 0.6) is 0 Å². The number of ether oxygens (including phenoxy) is 2. The summed E-state index contributed by atoms with van der Waals surface area (Å²) in [5.41, 5.74) is 1.62. The predicted molar refractivity (Wildman–Crippen MR) is 102 cm³/mol. The van der Waals surface area contributed by atoms with Crippen molar-refractivity contribution in [2.75, 3.05) is 14.2 Å². The van der Waals surface area contributed by atoms with Crippen LogP contribution in [0.25, 0.3) is 5.57 Å². The third-order valence-electron chi connectivity index (χ3n) is 4.00. The molecule has 0 bridgehead atoms. The van der Waals surface area contributed by atoms with E-state index in [1.54, 1.807) is 31.2 Å². The molecule has 154 valence electrons. The number of oxime groups is 1. The summed E-state index contributed by atoms with van der Waals surface area (Å²) in [5.74, 6) is -0.566. The number of halogens is 3. The van der Waals surface area contributed by atoms with Crippen molar-refractivity contribution in [2.24, 2.45) is 5.16 Å². The number of esters is 1. The molecule has 2 aromatic rings. The molecule has 2 rings (SSSR count). The number of carbonyl (C=O) groups excluding carboxylic acids is 1. The maximum atomic E-state index is 12.7. The molecule has 0 radical (unpaired) electrons. The molecule has 0 unspecified atom stereocenters. The van der Waals surface area contributed by atoms with Crippen LogP contribution in [0.4, 0.5) is 13.2 Å². The van der Waals surface area contributed by atoms with Crippen LogP contribution >= 0.6 is 0 Å².